The highest BCUT2D eigenvalue weighted by atomic mass is 16.5. The number of anilines is 1. The number of ether oxygens (including phenoxy) is 1. The Bertz CT molecular complexity index is 682. The van der Waals surface area contributed by atoms with E-state index in [0.29, 0.717) is 13.0 Å². The Morgan fingerprint density at radius 1 is 1.12 bits per heavy atom. The molecule has 5 nitrogen and oxygen atoms in total. The Morgan fingerprint density at radius 2 is 1.92 bits per heavy atom. The van der Waals surface area contributed by atoms with E-state index in [1.54, 1.807) is 6.20 Å². The summed E-state index contributed by atoms with van der Waals surface area (Å²) in [6, 6.07) is 12.0. The van der Waals surface area contributed by atoms with Gasteiger partial charge in [-0.3, -0.25) is 9.78 Å². The quantitative estimate of drug-likeness (QED) is 0.812. The summed E-state index contributed by atoms with van der Waals surface area (Å²) in [5, 5.41) is 0. The molecule has 1 aliphatic rings. The molecule has 0 bridgehead atoms. The summed E-state index contributed by atoms with van der Waals surface area (Å²) in [5.74, 6) is 1.14. The van der Waals surface area contributed by atoms with Crippen LogP contribution < -0.4 is 9.64 Å². The number of rotatable bonds is 6. The maximum atomic E-state index is 12.4. The van der Waals surface area contributed by atoms with Crippen LogP contribution in [-0.2, 0) is 11.2 Å². The van der Waals surface area contributed by atoms with Gasteiger partial charge in [-0.05, 0) is 37.1 Å². The minimum atomic E-state index is 0.224. The largest absolute Gasteiger partial charge is 0.492 e. The average Bonchev–Trinajstić information content (AvgIpc) is 2.68. The summed E-state index contributed by atoms with van der Waals surface area (Å²) in [6.07, 6.45) is 4.88. The minimum Gasteiger partial charge on any atom is -0.492 e. The van der Waals surface area contributed by atoms with Crippen molar-refractivity contribution in [2.24, 2.45) is 0 Å². The predicted molar refractivity (Wildman–Crippen MR) is 99.0 cm³/mol. The van der Waals surface area contributed by atoms with E-state index in [9.17, 15) is 4.79 Å². The number of piperazine rings is 1. The molecule has 1 aliphatic heterocycles. The summed E-state index contributed by atoms with van der Waals surface area (Å²) in [5.41, 5.74) is 2.23. The zero-order chi connectivity index (χ0) is 17.5. The molecule has 1 amide bonds. The summed E-state index contributed by atoms with van der Waals surface area (Å²) < 4.78 is 5.72. The fourth-order valence-corrected chi connectivity index (χ4v) is 3.15. The monoisotopic (exact) mass is 339 g/mol. The number of aromatic nitrogens is 1. The van der Waals surface area contributed by atoms with Crippen molar-refractivity contribution in [3.63, 3.8) is 0 Å². The zero-order valence-corrected chi connectivity index (χ0v) is 14.7. The van der Waals surface area contributed by atoms with Gasteiger partial charge in [0.1, 0.15) is 5.75 Å². The van der Waals surface area contributed by atoms with Crippen LogP contribution in [0.3, 0.4) is 0 Å². The number of hydrogen-bond donors (Lipinski definition) is 0. The fourth-order valence-electron chi connectivity index (χ4n) is 3.15. The number of pyridine rings is 1. The molecule has 0 unspecified atom stereocenters. The molecule has 1 saturated heterocycles. The molecule has 132 valence electrons. The number of carbonyl (C=O) groups excluding carboxylic acids is 1. The Hall–Kier alpha value is -2.56. The first-order chi connectivity index (χ1) is 12.3. The maximum Gasteiger partial charge on any atom is 0.223 e. The van der Waals surface area contributed by atoms with Crippen molar-refractivity contribution in [2.75, 3.05) is 37.7 Å². The number of aryl methyl sites for hydroxylation is 1. The molecule has 1 fully saturated rings. The Labute approximate surface area is 149 Å². The molecule has 0 saturated carbocycles. The number of nitrogens with zero attached hydrogens (tertiary/aromatic N) is 3. The lowest BCUT2D eigenvalue weighted by Gasteiger charge is -2.36. The van der Waals surface area contributed by atoms with Crippen molar-refractivity contribution in [1.29, 1.82) is 0 Å². The molecule has 25 heavy (non-hydrogen) atoms. The van der Waals surface area contributed by atoms with Gasteiger partial charge < -0.3 is 14.5 Å². The first-order valence-corrected chi connectivity index (χ1v) is 8.91. The summed E-state index contributed by atoms with van der Waals surface area (Å²) in [7, 11) is 0. The van der Waals surface area contributed by atoms with Crippen LogP contribution in [0, 0.1) is 0 Å². The van der Waals surface area contributed by atoms with Gasteiger partial charge in [-0.25, -0.2) is 0 Å². The molecule has 1 aromatic heterocycles. The van der Waals surface area contributed by atoms with Crippen LogP contribution in [0.5, 0.6) is 5.75 Å². The van der Waals surface area contributed by atoms with Crippen molar-refractivity contribution < 1.29 is 9.53 Å². The molecule has 0 N–H and O–H groups in total. The number of carbonyl (C=O) groups is 1. The van der Waals surface area contributed by atoms with Gasteiger partial charge in [0.25, 0.3) is 0 Å². The third kappa shape index (κ3) is 4.50. The van der Waals surface area contributed by atoms with Gasteiger partial charge in [-0.2, -0.15) is 0 Å². The van der Waals surface area contributed by atoms with Crippen molar-refractivity contribution in [1.82, 2.24) is 9.88 Å². The highest BCUT2D eigenvalue weighted by molar-refractivity contribution is 5.77. The SMILES string of the molecule is CCOc1ccccc1N1CCN(C(=O)CCc2cccnc2)CC1. The van der Waals surface area contributed by atoms with Gasteiger partial charge in [0, 0.05) is 45.0 Å². The lowest BCUT2D eigenvalue weighted by molar-refractivity contribution is -0.131. The van der Waals surface area contributed by atoms with E-state index in [4.69, 9.17) is 4.74 Å². The zero-order valence-electron chi connectivity index (χ0n) is 14.7. The van der Waals surface area contributed by atoms with Crippen LogP contribution >= 0.6 is 0 Å². The van der Waals surface area contributed by atoms with Crippen molar-refractivity contribution in [2.45, 2.75) is 19.8 Å². The number of benzene rings is 1. The summed E-state index contributed by atoms with van der Waals surface area (Å²) in [6.45, 7) is 5.84. The number of para-hydroxylation sites is 2. The smallest absolute Gasteiger partial charge is 0.223 e. The van der Waals surface area contributed by atoms with E-state index in [1.165, 1.54) is 0 Å². The Kier molecular flexibility index (Phi) is 5.88. The molecule has 0 atom stereocenters. The second-order valence-corrected chi connectivity index (χ2v) is 6.13. The fraction of sp³-hybridized carbons (Fsp3) is 0.400. The normalized spacial score (nSPS) is 14.4. The molecule has 2 heterocycles. The molecule has 3 rings (SSSR count). The lowest BCUT2D eigenvalue weighted by Crippen LogP contribution is -2.49. The Morgan fingerprint density at radius 3 is 2.64 bits per heavy atom. The van der Waals surface area contributed by atoms with Gasteiger partial charge in [0.2, 0.25) is 5.91 Å². The Balaban J connectivity index is 1.52. The predicted octanol–water partition coefficient (Wildman–Crippen LogP) is 2.76. The van der Waals surface area contributed by atoms with Gasteiger partial charge in [0.15, 0.2) is 0 Å². The van der Waals surface area contributed by atoms with Gasteiger partial charge >= 0.3 is 0 Å². The van der Waals surface area contributed by atoms with E-state index in [-0.39, 0.29) is 5.91 Å². The van der Waals surface area contributed by atoms with Gasteiger partial charge in [0.05, 0.1) is 12.3 Å². The van der Waals surface area contributed by atoms with E-state index < -0.39 is 0 Å². The summed E-state index contributed by atoms with van der Waals surface area (Å²) in [4.78, 5) is 20.8. The molecular weight excluding hydrogens is 314 g/mol. The van der Waals surface area contributed by atoms with Crippen LogP contribution in [0.2, 0.25) is 0 Å². The first kappa shape index (κ1) is 17.3. The third-order valence-electron chi connectivity index (χ3n) is 4.49. The van der Waals surface area contributed by atoms with Crippen LogP contribution in [0.1, 0.15) is 18.9 Å². The average molecular weight is 339 g/mol. The van der Waals surface area contributed by atoms with Gasteiger partial charge in [-0.1, -0.05) is 18.2 Å². The van der Waals surface area contributed by atoms with Crippen molar-refractivity contribution in [3.8, 4) is 5.75 Å². The topological polar surface area (TPSA) is 45.7 Å². The van der Waals surface area contributed by atoms with E-state index in [2.05, 4.69) is 16.0 Å². The van der Waals surface area contributed by atoms with E-state index in [1.807, 2.05) is 48.4 Å². The second kappa shape index (κ2) is 8.51. The molecular formula is C20H25N3O2. The first-order valence-electron chi connectivity index (χ1n) is 8.91. The standard InChI is InChI=1S/C20H25N3O2/c1-2-25-19-8-4-3-7-18(19)22-12-14-23(15-13-22)20(24)10-9-17-6-5-11-21-16-17/h3-8,11,16H,2,9-10,12-15H2,1H3. The second-order valence-electron chi connectivity index (χ2n) is 6.13. The maximum absolute atomic E-state index is 12.4. The molecule has 2 aromatic rings. The van der Waals surface area contributed by atoms with E-state index >= 15 is 0 Å². The molecule has 0 aliphatic carbocycles. The third-order valence-corrected chi connectivity index (χ3v) is 4.49. The van der Waals surface area contributed by atoms with Crippen molar-refractivity contribution >= 4 is 11.6 Å². The summed E-state index contributed by atoms with van der Waals surface area (Å²) >= 11 is 0. The minimum absolute atomic E-state index is 0.224. The van der Waals surface area contributed by atoms with E-state index in [0.717, 1.165) is 49.6 Å². The highest BCUT2D eigenvalue weighted by Gasteiger charge is 2.22. The lowest BCUT2D eigenvalue weighted by atomic mass is 10.1. The molecule has 0 radical (unpaired) electrons. The van der Waals surface area contributed by atoms with Crippen LogP contribution in [0.4, 0.5) is 5.69 Å². The van der Waals surface area contributed by atoms with Gasteiger partial charge in [-0.15, -0.1) is 0 Å². The number of hydrogen-bond acceptors (Lipinski definition) is 4. The molecule has 5 heteroatoms. The highest BCUT2D eigenvalue weighted by Crippen LogP contribution is 2.28. The van der Waals surface area contributed by atoms with Crippen LogP contribution in [-0.4, -0.2) is 48.6 Å². The van der Waals surface area contributed by atoms with Crippen molar-refractivity contribution in [3.05, 3.63) is 54.4 Å². The number of amides is 1. The van der Waals surface area contributed by atoms with Crippen LogP contribution in [0.15, 0.2) is 48.8 Å². The van der Waals surface area contributed by atoms with Crippen LogP contribution in [0.25, 0.3) is 0 Å². The molecule has 0 spiro atoms. The molecule has 1 aromatic carbocycles.